The maximum Gasteiger partial charge on any atom is 0.470 e. The fraction of sp³-hybridized carbons (Fsp3) is 0.650. The number of phosphoric ester groups is 1. The Morgan fingerprint density at radius 1 is 1.30 bits per heavy atom. The summed E-state index contributed by atoms with van der Waals surface area (Å²) in [6, 6.07) is -0.596. The minimum Gasteiger partial charge on any atom is -0.479 e. The van der Waals surface area contributed by atoms with Crippen molar-refractivity contribution in [3.8, 4) is 0 Å². The molecule has 3 aliphatic heterocycles. The van der Waals surface area contributed by atoms with E-state index >= 15 is 0 Å². The number of thioether (sulfide) groups is 1. The number of imidazole rings is 1. The van der Waals surface area contributed by atoms with Crippen LogP contribution in [0.15, 0.2) is 12.7 Å². The monoisotopic (exact) mass is 605 g/mol. The van der Waals surface area contributed by atoms with Crippen LogP contribution in [-0.2, 0) is 18.6 Å². The number of aliphatic hydroxyl groups is 3. The predicted octanol–water partition coefficient (Wildman–Crippen LogP) is -2.34. The number of anilines is 1. The van der Waals surface area contributed by atoms with Gasteiger partial charge in [0.25, 0.3) is 0 Å². The third-order valence-corrected chi connectivity index (χ3v) is 9.32. The topological polar surface area (TPSA) is 285 Å². The number of carboxylic acids is 1. The summed E-state index contributed by atoms with van der Waals surface area (Å²) >= 11 is 1.55. The highest BCUT2D eigenvalue weighted by atomic mass is 32.2. The van der Waals surface area contributed by atoms with Crippen molar-refractivity contribution in [3.05, 3.63) is 12.7 Å². The van der Waals surface area contributed by atoms with E-state index in [1.165, 1.54) is 10.9 Å². The highest BCUT2D eigenvalue weighted by Gasteiger charge is 2.59. The molecule has 0 spiro atoms. The zero-order chi connectivity index (χ0) is 29.0. The Morgan fingerprint density at radius 3 is 2.75 bits per heavy atom. The zero-order valence-electron chi connectivity index (χ0n) is 20.5. The number of amides is 2. The first-order chi connectivity index (χ1) is 18.8. The van der Waals surface area contributed by atoms with Crippen molar-refractivity contribution in [2.45, 2.75) is 72.8 Å². The summed E-state index contributed by atoms with van der Waals surface area (Å²) in [6.45, 7) is 0. The Labute approximate surface area is 229 Å². The fourth-order valence-electron chi connectivity index (χ4n) is 5.38. The second kappa shape index (κ2) is 10.7. The summed E-state index contributed by atoms with van der Waals surface area (Å²) in [5.41, 5.74) is 3.04. The molecule has 0 aliphatic carbocycles. The van der Waals surface area contributed by atoms with Crippen LogP contribution >= 0.6 is 19.6 Å². The van der Waals surface area contributed by atoms with Gasteiger partial charge in [-0.15, -0.1) is 0 Å². The molecule has 3 aliphatic rings. The molecule has 20 heteroatoms. The van der Waals surface area contributed by atoms with Gasteiger partial charge in [0.05, 0.1) is 18.4 Å². The van der Waals surface area contributed by atoms with E-state index in [2.05, 4.69) is 25.6 Å². The van der Waals surface area contributed by atoms with Gasteiger partial charge in [-0.2, -0.15) is 11.8 Å². The van der Waals surface area contributed by atoms with Gasteiger partial charge in [-0.05, 0) is 19.3 Å². The average Bonchev–Trinajstić information content (AvgIpc) is 3.62. The van der Waals surface area contributed by atoms with E-state index in [-0.39, 0.29) is 46.8 Å². The number of nitrogens with two attached hydrogens (primary N) is 1. The lowest BCUT2D eigenvalue weighted by atomic mass is 9.85. The molecule has 5 heterocycles. The van der Waals surface area contributed by atoms with Crippen molar-refractivity contribution >= 4 is 48.6 Å². The Morgan fingerprint density at radius 2 is 2.05 bits per heavy atom. The number of carboxylic acid groups (broad SMARTS) is 1. The maximum absolute atomic E-state index is 12.4. The van der Waals surface area contributed by atoms with Crippen LogP contribution in [0.3, 0.4) is 0 Å². The number of nitrogen functional groups attached to an aromatic ring is 1. The van der Waals surface area contributed by atoms with Gasteiger partial charge in [0.2, 0.25) is 0 Å². The van der Waals surface area contributed by atoms with Crippen LogP contribution in [0.1, 0.15) is 25.5 Å². The van der Waals surface area contributed by atoms with Crippen LogP contribution in [0.5, 0.6) is 0 Å². The molecule has 0 saturated carbocycles. The van der Waals surface area contributed by atoms with Gasteiger partial charge in [-0.1, -0.05) is 0 Å². The van der Waals surface area contributed by atoms with Crippen molar-refractivity contribution in [3.63, 3.8) is 0 Å². The number of hydrogen-bond donors (Lipinski definition) is 9. The molecule has 0 aromatic carbocycles. The standard InChI is InChI=1S/C20H28N7O11PS/c21-15-10-16(23-5-22-15)27(6-24-10)17-12(29)11(28)13(37-17)14(38-39(34,35)36)20(33,18(30)31)3-1-2-8-9-7(4-40-8)25-19(32)26-9/h5-9,11-14,17,28-29,33H,1-4H2,(H,30,31)(H2,21,22,23)(H2,25,26,32)(H2,34,35,36)/t7-,8-,9-,11-,12+,13-,14?,17+,20?/m0/s1. The van der Waals surface area contributed by atoms with E-state index in [1.807, 2.05) is 0 Å². The number of phosphoric acid groups is 1. The lowest BCUT2D eigenvalue weighted by Gasteiger charge is -2.36. The molecule has 3 saturated heterocycles. The second-order valence-corrected chi connectivity index (χ2v) is 12.3. The molecule has 2 aromatic heterocycles. The van der Waals surface area contributed by atoms with Gasteiger partial charge in [0.1, 0.15) is 36.3 Å². The van der Waals surface area contributed by atoms with Crippen molar-refractivity contribution in [2.75, 3.05) is 11.5 Å². The minimum atomic E-state index is -5.47. The van der Waals surface area contributed by atoms with Crippen LogP contribution in [0, 0.1) is 0 Å². The number of urea groups is 1. The third kappa shape index (κ3) is 5.24. The quantitative estimate of drug-likeness (QED) is 0.101. The summed E-state index contributed by atoms with van der Waals surface area (Å²) in [5.74, 6) is -1.24. The number of carbonyl (C=O) groups excluding carboxylic acids is 1. The van der Waals surface area contributed by atoms with Crippen LogP contribution in [0.25, 0.3) is 11.2 Å². The molecule has 220 valence electrons. The largest absolute Gasteiger partial charge is 0.479 e. The van der Waals surface area contributed by atoms with Gasteiger partial charge in [-0.25, -0.2) is 29.1 Å². The molecule has 2 amide bonds. The average molecular weight is 606 g/mol. The summed E-state index contributed by atoms with van der Waals surface area (Å²) in [4.78, 5) is 55.0. The first-order valence-electron chi connectivity index (χ1n) is 12.1. The molecule has 9 atom stereocenters. The molecule has 2 unspecified atom stereocenters. The van der Waals surface area contributed by atoms with Gasteiger partial charge in [0.15, 0.2) is 23.3 Å². The number of ether oxygens (including phenoxy) is 1. The van der Waals surface area contributed by atoms with Crippen molar-refractivity contribution < 1.29 is 53.6 Å². The van der Waals surface area contributed by atoms with E-state index in [1.54, 1.807) is 11.8 Å². The fourth-order valence-corrected chi connectivity index (χ4v) is 7.51. The molecular formula is C20H28N7O11PS. The Balaban J connectivity index is 1.39. The number of rotatable bonds is 10. The molecule has 0 bridgehead atoms. The van der Waals surface area contributed by atoms with Gasteiger partial charge >= 0.3 is 19.8 Å². The zero-order valence-corrected chi connectivity index (χ0v) is 22.3. The number of aromatic nitrogens is 4. The SMILES string of the molecule is Nc1ncnc2c1ncn2[C@@H]1O[C@H](C(OP(=O)(O)O)C(O)(CCC[C@@H]2SC[C@@H]3NC(=O)N[C@@H]32)C(=O)O)[C@@H](O)[C@H]1O. The second-order valence-electron chi connectivity index (χ2n) is 9.82. The van der Waals surface area contributed by atoms with E-state index in [9.17, 15) is 44.4 Å². The van der Waals surface area contributed by atoms with Crippen molar-refractivity contribution in [1.82, 2.24) is 30.2 Å². The molecule has 10 N–H and O–H groups in total. The van der Waals surface area contributed by atoms with Crippen molar-refractivity contribution in [2.24, 2.45) is 0 Å². The van der Waals surface area contributed by atoms with Crippen LogP contribution in [0.2, 0.25) is 0 Å². The number of aliphatic carboxylic acids is 1. The highest BCUT2D eigenvalue weighted by molar-refractivity contribution is 8.00. The molecule has 18 nitrogen and oxygen atoms in total. The molecule has 2 aromatic rings. The third-order valence-electron chi connectivity index (χ3n) is 7.31. The molecule has 40 heavy (non-hydrogen) atoms. The summed E-state index contributed by atoms with van der Waals surface area (Å²) < 4.78 is 23.5. The predicted molar refractivity (Wildman–Crippen MR) is 135 cm³/mol. The smallest absolute Gasteiger partial charge is 0.470 e. The van der Waals surface area contributed by atoms with Crippen molar-refractivity contribution in [1.29, 1.82) is 0 Å². The Kier molecular flexibility index (Phi) is 7.70. The van der Waals surface area contributed by atoms with Crippen LogP contribution < -0.4 is 16.4 Å². The first kappa shape index (κ1) is 28.9. The van der Waals surface area contributed by atoms with E-state index in [0.717, 1.165) is 6.33 Å². The van der Waals surface area contributed by atoms with E-state index in [4.69, 9.17) is 15.0 Å². The highest BCUT2D eigenvalue weighted by Crippen LogP contribution is 2.46. The van der Waals surface area contributed by atoms with E-state index in [0.29, 0.717) is 12.2 Å². The number of hydrogen-bond acceptors (Lipinski definition) is 13. The van der Waals surface area contributed by atoms with Gasteiger partial charge in [-0.3, -0.25) is 9.09 Å². The normalized spacial score (nSPS) is 32.4. The molecule has 0 radical (unpaired) electrons. The number of nitrogens with one attached hydrogen (secondary N) is 2. The summed E-state index contributed by atoms with van der Waals surface area (Å²) in [5, 5.41) is 48.4. The summed E-state index contributed by atoms with van der Waals surface area (Å²) in [7, 11) is -5.47. The number of nitrogens with zero attached hydrogens (tertiary/aromatic N) is 4. The molecular weight excluding hydrogens is 577 g/mol. The van der Waals surface area contributed by atoms with Crippen LogP contribution in [0.4, 0.5) is 10.6 Å². The number of aliphatic hydroxyl groups excluding tert-OH is 2. The lowest BCUT2D eigenvalue weighted by molar-refractivity contribution is -0.191. The Bertz CT molecular complexity index is 1350. The molecule has 5 rings (SSSR count). The lowest BCUT2D eigenvalue weighted by Crippen LogP contribution is -2.58. The summed E-state index contributed by atoms with van der Waals surface area (Å²) in [6.07, 6.45) is -7.37. The number of fused-ring (bicyclic) bond motifs is 2. The van der Waals surface area contributed by atoms with Crippen LogP contribution in [-0.4, -0.2) is 115 Å². The van der Waals surface area contributed by atoms with E-state index < -0.39 is 56.5 Å². The number of carbonyl (C=O) groups is 2. The van der Waals surface area contributed by atoms with Gasteiger partial charge in [0, 0.05) is 11.0 Å². The minimum absolute atomic E-state index is 0.0102. The first-order valence-corrected chi connectivity index (χ1v) is 14.7. The maximum atomic E-state index is 12.4. The molecule has 3 fully saturated rings. The van der Waals surface area contributed by atoms with Gasteiger partial charge < -0.3 is 51.3 Å². The Hall–Kier alpha value is -2.61.